The van der Waals surface area contributed by atoms with E-state index in [1.165, 1.54) is 24.0 Å². The van der Waals surface area contributed by atoms with Crippen LogP contribution in [0.3, 0.4) is 0 Å². The highest BCUT2D eigenvalue weighted by Gasteiger charge is 2.10. The molecule has 0 aliphatic rings. The van der Waals surface area contributed by atoms with Crippen molar-refractivity contribution < 1.29 is 0 Å². The van der Waals surface area contributed by atoms with Gasteiger partial charge in [0.05, 0.1) is 6.08 Å². The smallest absolute Gasteiger partial charge is 0.0841 e. The molecule has 0 bridgehead atoms. The van der Waals surface area contributed by atoms with Crippen molar-refractivity contribution in [2.45, 2.75) is 47.5 Å². The van der Waals surface area contributed by atoms with E-state index in [0.29, 0.717) is 5.92 Å². The molecule has 0 saturated carbocycles. The van der Waals surface area contributed by atoms with Crippen molar-refractivity contribution in [1.29, 1.82) is 0 Å². The first-order valence-electron chi connectivity index (χ1n) is 6.96. The number of rotatable bonds is 6. The molecule has 18 heavy (non-hydrogen) atoms. The van der Waals surface area contributed by atoms with Crippen LogP contribution >= 0.6 is 0 Å². The summed E-state index contributed by atoms with van der Waals surface area (Å²) in [7, 11) is 1.75. The number of hydrogen-bond donors (Lipinski definition) is 0. The first kappa shape index (κ1) is 16.7. The van der Waals surface area contributed by atoms with Crippen molar-refractivity contribution in [3.8, 4) is 6.07 Å². The van der Waals surface area contributed by atoms with E-state index in [9.17, 15) is 0 Å². The Morgan fingerprint density at radius 1 is 1.28 bits per heavy atom. The monoisotopic (exact) mass is 246 g/mol. The second-order valence-electron chi connectivity index (χ2n) is 4.72. The van der Waals surface area contributed by atoms with Crippen molar-refractivity contribution in [2.75, 3.05) is 7.05 Å². The van der Waals surface area contributed by atoms with E-state index in [1.54, 1.807) is 7.05 Å². The highest BCUT2D eigenvalue weighted by atomic mass is 14.6. The SMILES string of the molecule is CC=C(C)C(C=CC(C)C(CC)CC)=CC#[N+]C. The molecule has 0 heterocycles. The van der Waals surface area contributed by atoms with Gasteiger partial charge in [-0.3, -0.25) is 0 Å². The summed E-state index contributed by atoms with van der Waals surface area (Å²) in [6.45, 7) is 11.0. The first-order chi connectivity index (χ1) is 8.60. The molecule has 0 spiro atoms. The molecule has 0 radical (unpaired) electrons. The molecule has 0 fully saturated rings. The molecular formula is C17H28N+. The summed E-state index contributed by atoms with van der Waals surface area (Å²) in [4.78, 5) is 3.90. The molecule has 100 valence electrons. The predicted molar refractivity (Wildman–Crippen MR) is 83.1 cm³/mol. The van der Waals surface area contributed by atoms with Crippen LogP contribution in [0.1, 0.15) is 47.5 Å². The Bertz CT molecular complexity index is 370. The Morgan fingerprint density at radius 3 is 2.33 bits per heavy atom. The minimum atomic E-state index is 0.617. The Balaban J connectivity index is 4.92. The fourth-order valence-corrected chi connectivity index (χ4v) is 2.04. The fraction of sp³-hybridized carbons (Fsp3) is 0.588. The van der Waals surface area contributed by atoms with Crippen molar-refractivity contribution in [2.24, 2.45) is 11.8 Å². The van der Waals surface area contributed by atoms with Crippen LogP contribution in [-0.2, 0) is 0 Å². The lowest BCUT2D eigenvalue weighted by molar-refractivity contribution is 0.395. The van der Waals surface area contributed by atoms with Crippen LogP contribution < -0.4 is 0 Å². The van der Waals surface area contributed by atoms with Gasteiger partial charge in [0.1, 0.15) is 0 Å². The molecule has 1 nitrogen and oxygen atoms in total. The number of hydrogen-bond acceptors (Lipinski definition) is 0. The molecule has 0 aromatic rings. The van der Waals surface area contributed by atoms with Gasteiger partial charge >= 0.3 is 6.07 Å². The van der Waals surface area contributed by atoms with Crippen LogP contribution in [-0.4, -0.2) is 7.05 Å². The molecule has 0 aromatic heterocycles. The van der Waals surface area contributed by atoms with E-state index in [2.05, 4.69) is 63.8 Å². The maximum Gasteiger partial charge on any atom is 0.303 e. The Morgan fingerprint density at radius 2 is 1.89 bits per heavy atom. The van der Waals surface area contributed by atoms with E-state index >= 15 is 0 Å². The molecule has 1 atom stereocenters. The lowest BCUT2D eigenvalue weighted by atomic mass is 9.88. The Kier molecular flexibility index (Phi) is 9.01. The van der Waals surface area contributed by atoms with Crippen molar-refractivity contribution in [3.63, 3.8) is 0 Å². The van der Waals surface area contributed by atoms with E-state index < -0.39 is 0 Å². The zero-order valence-corrected chi connectivity index (χ0v) is 12.8. The molecule has 1 heteroatoms. The van der Waals surface area contributed by atoms with Gasteiger partial charge in [-0.15, -0.1) is 0 Å². The maximum absolute atomic E-state index is 3.90. The zero-order chi connectivity index (χ0) is 14.0. The average Bonchev–Trinajstić information content (AvgIpc) is 2.39. The van der Waals surface area contributed by atoms with Crippen molar-refractivity contribution in [3.05, 3.63) is 40.3 Å². The summed E-state index contributed by atoms with van der Waals surface area (Å²) in [5, 5.41) is 0. The van der Waals surface area contributed by atoms with Crippen LogP contribution in [0.5, 0.6) is 0 Å². The van der Waals surface area contributed by atoms with Gasteiger partial charge in [-0.2, -0.15) is 0 Å². The van der Waals surface area contributed by atoms with Crippen molar-refractivity contribution in [1.82, 2.24) is 0 Å². The standard InChI is InChI=1S/C17H28N/c1-7-14(4)17(12-13-18-6)11-10-15(5)16(8-2)9-3/h7,10-12,15-16H,8-9H2,1-6H3/q+1. The van der Waals surface area contributed by atoms with E-state index in [4.69, 9.17) is 0 Å². The van der Waals surface area contributed by atoms with Crippen LogP contribution in [0.25, 0.3) is 4.85 Å². The van der Waals surface area contributed by atoms with Gasteiger partial charge in [0.15, 0.2) is 0 Å². The molecule has 0 saturated heterocycles. The maximum atomic E-state index is 3.90. The summed E-state index contributed by atoms with van der Waals surface area (Å²) in [6, 6.07) is 2.92. The lowest BCUT2D eigenvalue weighted by Crippen LogP contribution is -2.06. The molecule has 0 rings (SSSR count). The molecule has 0 N–H and O–H groups in total. The number of allylic oxidation sites excluding steroid dienone is 6. The van der Waals surface area contributed by atoms with E-state index in [1.807, 2.05) is 6.08 Å². The Hall–Kier alpha value is -1.29. The van der Waals surface area contributed by atoms with Crippen molar-refractivity contribution >= 4 is 0 Å². The van der Waals surface area contributed by atoms with E-state index in [-0.39, 0.29) is 0 Å². The summed E-state index contributed by atoms with van der Waals surface area (Å²) in [5.41, 5.74) is 2.46. The third-order valence-corrected chi connectivity index (χ3v) is 3.61. The van der Waals surface area contributed by atoms with Crippen LogP contribution in [0.4, 0.5) is 0 Å². The minimum Gasteiger partial charge on any atom is -0.0841 e. The summed E-state index contributed by atoms with van der Waals surface area (Å²) in [6.07, 6.45) is 11.1. The van der Waals surface area contributed by atoms with E-state index in [0.717, 1.165) is 5.92 Å². The second-order valence-corrected chi connectivity index (χ2v) is 4.72. The molecule has 0 amide bonds. The largest absolute Gasteiger partial charge is 0.303 e. The van der Waals surface area contributed by atoms with Gasteiger partial charge in [0.2, 0.25) is 0 Å². The normalized spacial score (nSPS) is 14.8. The van der Waals surface area contributed by atoms with Crippen LogP contribution in [0.2, 0.25) is 0 Å². The minimum absolute atomic E-state index is 0.617. The van der Waals surface area contributed by atoms with Gasteiger partial charge in [-0.25, -0.2) is 0 Å². The fourth-order valence-electron chi connectivity index (χ4n) is 2.04. The third kappa shape index (κ3) is 5.87. The van der Waals surface area contributed by atoms with Gasteiger partial charge < -0.3 is 0 Å². The zero-order valence-electron chi connectivity index (χ0n) is 12.8. The summed E-state index contributed by atoms with van der Waals surface area (Å²) >= 11 is 0. The number of nitrogens with zero attached hydrogens (tertiary/aromatic N) is 1. The first-order valence-corrected chi connectivity index (χ1v) is 6.96. The molecule has 0 aliphatic carbocycles. The molecule has 1 unspecified atom stereocenters. The van der Waals surface area contributed by atoms with Gasteiger partial charge in [0, 0.05) is 0 Å². The van der Waals surface area contributed by atoms with Crippen LogP contribution in [0.15, 0.2) is 35.5 Å². The van der Waals surface area contributed by atoms with Crippen LogP contribution in [0, 0.1) is 17.9 Å². The average molecular weight is 246 g/mol. The van der Waals surface area contributed by atoms with Gasteiger partial charge in [-0.1, -0.05) is 56.7 Å². The highest BCUT2D eigenvalue weighted by molar-refractivity contribution is 5.42. The summed E-state index contributed by atoms with van der Waals surface area (Å²) in [5.74, 6) is 1.39. The molecule has 0 aliphatic heterocycles. The lowest BCUT2D eigenvalue weighted by Gasteiger charge is -2.17. The quantitative estimate of drug-likeness (QED) is 0.432. The summed E-state index contributed by atoms with van der Waals surface area (Å²) < 4.78 is 0. The molecule has 0 aromatic carbocycles. The Labute approximate surface area is 113 Å². The topological polar surface area (TPSA) is 4.36 Å². The predicted octanol–water partition coefficient (Wildman–Crippen LogP) is 5.47. The van der Waals surface area contributed by atoms with Gasteiger partial charge in [0.25, 0.3) is 7.05 Å². The molecular weight excluding hydrogens is 218 g/mol. The highest BCUT2D eigenvalue weighted by Crippen LogP contribution is 2.21. The van der Waals surface area contributed by atoms with Gasteiger partial charge in [-0.05, 0) is 36.8 Å². The second kappa shape index (κ2) is 9.71. The third-order valence-electron chi connectivity index (χ3n) is 3.61.